The van der Waals surface area contributed by atoms with E-state index >= 15 is 0 Å². The first kappa shape index (κ1) is 15.7. The van der Waals surface area contributed by atoms with Crippen molar-refractivity contribution in [2.24, 2.45) is 5.92 Å². The third-order valence-corrected chi connectivity index (χ3v) is 6.36. The maximum atomic E-state index is 13.9. The highest BCUT2D eigenvalue weighted by atomic mass is 35.5. The molecule has 0 aliphatic carbocycles. The lowest BCUT2D eigenvalue weighted by molar-refractivity contribution is 0.202. The average molecular weight is 320 g/mol. The van der Waals surface area contributed by atoms with Crippen LogP contribution in [0.5, 0.6) is 0 Å². The van der Waals surface area contributed by atoms with Crippen LogP contribution < -0.4 is 0 Å². The molecule has 1 heterocycles. The summed E-state index contributed by atoms with van der Waals surface area (Å²) < 4.78 is 40.7. The van der Waals surface area contributed by atoms with Crippen molar-refractivity contribution in [3.63, 3.8) is 0 Å². The molecule has 2 rings (SSSR count). The van der Waals surface area contributed by atoms with Crippen molar-refractivity contribution in [2.45, 2.75) is 43.5 Å². The van der Waals surface area contributed by atoms with Gasteiger partial charge in [0.25, 0.3) is 0 Å². The summed E-state index contributed by atoms with van der Waals surface area (Å²) >= 11 is 5.71. The summed E-state index contributed by atoms with van der Waals surface area (Å²) in [6.45, 7) is 4.35. The first-order chi connectivity index (χ1) is 9.37. The number of piperidine rings is 1. The van der Waals surface area contributed by atoms with E-state index < -0.39 is 15.8 Å². The van der Waals surface area contributed by atoms with Crippen LogP contribution >= 0.6 is 11.6 Å². The average Bonchev–Trinajstić information content (AvgIpc) is 2.42. The number of hydrogen-bond donors (Lipinski definition) is 0. The number of benzene rings is 1. The Morgan fingerprint density at radius 2 is 2.10 bits per heavy atom. The Morgan fingerprint density at radius 3 is 2.75 bits per heavy atom. The Hall–Kier alpha value is -0.650. The summed E-state index contributed by atoms with van der Waals surface area (Å²) in [5.74, 6) is -0.281. The summed E-state index contributed by atoms with van der Waals surface area (Å²) in [6.07, 6.45) is 1.80. The highest BCUT2D eigenvalue weighted by Gasteiger charge is 2.35. The maximum absolute atomic E-state index is 13.9. The predicted molar refractivity (Wildman–Crippen MR) is 77.7 cm³/mol. The zero-order chi connectivity index (χ0) is 14.9. The van der Waals surface area contributed by atoms with E-state index in [9.17, 15) is 12.8 Å². The van der Waals surface area contributed by atoms with Crippen LogP contribution in [0, 0.1) is 11.7 Å². The first-order valence-corrected chi connectivity index (χ1v) is 8.71. The lowest BCUT2D eigenvalue weighted by Gasteiger charge is -2.36. The van der Waals surface area contributed by atoms with Gasteiger partial charge in [-0.3, -0.25) is 0 Å². The normalized spacial score (nSPS) is 24.8. The van der Waals surface area contributed by atoms with Gasteiger partial charge in [-0.1, -0.05) is 13.0 Å². The molecule has 1 aliphatic rings. The molecule has 0 radical (unpaired) electrons. The van der Waals surface area contributed by atoms with Crippen LogP contribution in [0.15, 0.2) is 23.1 Å². The number of rotatable bonds is 3. The van der Waals surface area contributed by atoms with Crippen molar-refractivity contribution in [2.75, 3.05) is 6.54 Å². The number of nitrogens with zero attached hydrogens (tertiary/aromatic N) is 1. The molecule has 0 bridgehead atoms. The second-order valence-electron chi connectivity index (χ2n) is 5.37. The van der Waals surface area contributed by atoms with Crippen molar-refractivity contribution in [1.82, 2.24) is 4.31 Å². The molecule has 112 valence electrons. The molecular weight excluding hydrogens is 301 g/mol. The summed E-state index contributed by atoms with van der Waals surface area (Å²) in [4.78, 5) is -0.267. The SMILES string of the molecule is CC1CCCN(S(=O)(=O)c2cc(CCl)ccc2F)C1C. The molecule has 1 aromatic rings. The van der Waals surface area contributed by atoms with Gasteiger partial charge in [-0.15, -0.1) is 11.6 Å². The quantitative estimate of drug-likeness (QED) is 0.801. The van der Waals surface area contributed by atoms with Crippen molar-refractivity contribution in [1.29, 1.82) is 0 Å². The number of halogens is 2. The lowest BCUT2D eigenvalue weighted by atomic mass is 9.94. The summed E-state index contributed by atoms with van der Waals surface area (Å²) in [5, 5.41) is 0. The molecule has 1 aliphatic heterocycles. The van der Waals surface area contributed by atoms with Gasteiger partial charge in [-0.05, 0) is 43.4 Å². The van der Waals surface area contributed by atoms with Crippen LogP contribution in [-0.2, 0) is 15.9 Å². The zero-order valence-corrected chi connectivity index (χ0v) is 13.2. The molecule has 20 heavy (non-hydrogen) atoms. The van der Waals surface area contributed by atoms with Gasteiger partial charge in [-0.25, -0.2) is 12.8 Å². The van der Waals surface area contributed by atoms with Crippen molar-refractivity contribution >= 4 is 21.6 Å². The summed E-state index contributed by atoms with van der Waals surface area (Å²) in [7, 11) is -3.81. The number of hydrogen-bond acceptors (Lipinski definition) is 2. The van der Waals surface area contributed by atoms with Gasteiger partial charge in [0.05, 0.1) is 0 Å². The molecule has 2 unspecified atom stereocenters. The molecule has 2 atom stereocenters. The third kappa shape index (κ3) is 2.85. The Balaban J connectivity index is 2.44. The Kier molecular flexibility index (Phi) is 4.72. The molecule has 0 saturated carbocycles. The van der Waals surface area contributed by atoms with Crippen LogP contribution in [0.3, 0.4) is 0 Å². The molecule has 0 N–H and O–H groups in total. The van der Waals surface area contributed by atoms with Gasteiger partial charge in [-0.2, -0.15) is 4.31 Å². The predicted octanol–water partition coefficient (Wildman–Crippen LogP) is 3.37. The topological polar surface area (TPSA) is 37.4 Å². The van der Waals surface area contributed by atoms with E-state index in [-0.39, 0.29) is 22.7 Å². The van der Waals surface area contributed by atoms with Crippen LogP contribution in [0.1, 0.15) is 32.3 Å². The van der Waals surface area contributed by atoms with Crippen LogP contribution in [0.25, 0.3) is 0 Å². The van der Waals surface area contributed by atoms with Gasteiger partial charge in [0.2, 0.25) is 10.0 Å². The van der Waals surface area contributed by atoms with E-state index in [0.717, 1.165) is 12.8 Å². The molecule has 3 nitrogen and oxygen atoms in total. The van der Waals surface area contributed by atoms with E-state index in [4.69, 9.17) is 11.6 Å². The van der Waals surface area contributed by atoms with Crippen molar-refractivity contribution < 1.29 is 12.8 Å². The van der Waals surface area contributed by atoms with Crippen LogP contribution in [0.4, 0.5) is 4.39 Å². The molecule has 0 aromatic heterocycles. The van der Waals surface area contributed by atoms with Gasteiger partial charge >= 0.3 is 0 Å². The lowest BCUT2D eigenvalue weighted by Crippen LogP contribution is -2.46. The fraction of sp³-hybridized carbons (Fsp3) is 0.571. The standard InChI is InChI=1S/C14H19ClFNO2S/c1-10-4-3-7-17(11(10)2)20(18,19)14-8-12(9-15)5-6-13(14)16/h5-6,8,10-11H,3-4,7,9H2,1-2H3. The Labute approximate surface area is 124 Å². The highest BCUT2D eigenvalue weighted by Crippen LogP contribution is 2.30. The minimum absolute atomic E-state index is 0.118. The third-order valence-electron chi connectivity index (χ3n) is 4.05. The first-order valence-electron chi connectivity index (χ1n) is 6.74. The van der Waals surface area contributed by atoms with Crippen LogP contribution in [-0.4, -0.2) is 25.3 Å². The molecule has 1 fully saturated rings. The second kappa shape index (κ2) is 6.00. The van der Waals surface area contributed by atoms with Gasteiger partial charge in [0.15, 0.2) is 0 Å². The monoisotopic (exact) mass is 319 g/mol. The summed E-state index contributed by atoms with van der Waals surface area (Å²) in [5.41, 5.74) is 0.601. The minimum Gasteiger partial charge on any atom is -0.207 e. The van der Waals surface area contributed by atoms with E-state index in [0.29, 0.717) is 12.1 Å². The van der Waals surface area contributed by atoms with E-state index in [2.05, 4.69) is 0 Å². The van der Waals surface area contributed by atoms with E-state index in [1.807, 2.05) is 13.8 Å². The van der Waals surface area contributed by atoms with Gasteiger partial charge in [0.1, 0.15) is 10.7 Å². The molecule has 6 heteroatoms. The molecule has 0 spiro atoms. The van der Waals surface area contributed by atoms with Crippen molar-refractivity contribution in [3.05, 3.63) is 29.6 Å². The molecule has 1 saturated heterocycles. The minimum atomic E-state index is -3.81. The molecular formula is C14H19ClFNO2S. The van der Waals surface area contributed by atoms with E-state index in [1.54, 1.807) is 0 Å². The number of alkyl halides is 1. The summed E-state index contributed by atoms with van der Waals surface area (Å²) in [6, 6.07) is 3.89. The smallest absolute Gasteiger partial charge is 0.207 e. The van der Waals surface area contributed by atoms with Crippen molar-refractivity contribution in [3.8, 4) is 0 Å². The maximum Gasteiger partial charge on any atom is 0.246 e. The fourth-order valence-corrected chi connectivity index (χ4v) is 4.64. The van der Waals surface area contributed by atoms with Crippen LogP contribution in [0.2, 0.25) is 0 Å². The molecule has 1 aromatic carbocycles. The van der Waals surface area contributed by atoms with Gasteiger partial charge in [0, 0.05) is 18.5 Å². The largest absolute Gasteiger partial charge is 0.246 e. The number of sulfonamides is 1. The van der Waals surface area contributed by atoms with E-state index in [1.165, 1.54) is 22.5 Å². The fourth-order valence-electron chi connectivity index (χ4n) is 2.59. The zero-order valence-electron chi connectivity index (χ0n) is 11.6. The second-order valence-corrected chi connectivity index (χ2v) is 7.50. The Bertz CT molecular complexity index is 591. The molecule has 0 amide bonds. The Morgan fingerprint density at radius 1 is 1.40 bits per heavy atom. The highest BCUT2D eigenvalue weighted by molar-refractivity contribution is 7.89. The van der Waals surface area contributed by atoms with Gasteiger partial charge < -0.3 is 0 Å².